The minimum atomic E-state index is -1.63. The third-order valence-corrected chi connectivity index (χ3v) is 8.74. The van der Waals surface area contributed by atoms with E-state index in [0.717, 1.165) is 0 Å². The van der Waals surface area contributed by atoms with E-state index in [0.29, 0.717) is 5.04 Å². The summed E-state index contributed by atoms with van der Waals surface area (Å²) in [5.41, 5.74) is 1.51. The Bertz CT molecular complexity index is 284. The molecular formula is C15H30OSi. The van der Waals surface area contributed by atoms with Gasteiger partial charge in [-0.25, -0.2) is 0 Å². The molecule has 0 atom stereocenters. The molecular weight excluding hydrogens is 224 g/mol. The van der Waals surface area contributed by atoms with Gasteiger partial charge in [0.15, 0.2) is 0 Å². The zero-order valence-electron chi connectivity index (χ0n) is 12.7. The van der Waals surface area contributed by atoms with Crippen molar-refractivity contribution >= 4 is 8.32 Å². The maximum atomic E-state index is 6.51. The Morgan fingerprint density at radius 1 is 0.941 bits per heavy atom. The molecule has 0 radical (unpaired) electrons. The van der Waals surface area contributed by atoms with Crippen LogP contribution >= 0.6 is 0 Å². The fourth-order valence-electron chi connectivity index (χ4n) is 1.98. The molecule has 0 unspecified atom stereocenters. The van der Waals surface area contributed by atoms with Crippen LogP contribution in [0.25, 0.3) is 0 Å². The van der Waals surface area contributed by atoms with Crippen molar-refractivity contribution in [1.29, 1.82) is 0 Å². The largest absolute Gasteiger partial charge is 0.547 e. The molecule has 1 aliphatic rings. The highest BCUT2D eigenvalue weighted by atomic mass is 28.4. The van der Waals surface area contributed by atoms with Crippen molar-refractivity contribution in [3.8, 4) is 0 Å². The molecule has 0 aromatic rings. The number of hydrogen-bond donors (Lipinski definition) is 0. The zero-order valence-corrected chi connectivity index (χ0v) is 13.7. The summed E-state index contributed by atoms with van der Waals surface area (Å²) < 4.78 is 6.51. The lowest BCUT2D eigenvalue weighted by atomic mass is 10.00. The summed E-state index contributed by atoms with van der Waals surface area (Å²) in [4.78, 5) is 0. The standard InChI is InChI=1S/C15H30OSi/c1-13-11-9-7-8-10-12-14(13)16-17(5,6)15(2,3)4/h7-12H2,1-6H3/b14-13+. The number of allylic oxidation sites excluding steroid dienone is 2. The summed E-state index contributed by atoms with van der Waals surface area (Å²) in [7, 11) is -1.63. The van der Waals surface area contributed by atoms with Crippen LogP contribution in [0.5, 0.6) is 0 Å². The van der Waals surface area contributed by atoms with Gasteiger partial charge in [0.1, 0.15) is 0 Å². The minimum Gasteiger partial charge on any atom is -0.547 e. The lowest BCUT2D eigenvalue weighted by Crippen LogP contribution is -2.40. The smallest absolute Gasteiger partial charge is 0.250 e. The van der Waals surface area contributed by atoms with Crippen molar-refractivity contribution in [3.63, 3.8) is 0 Å². The second-order valence-corrected chi connectivity index (χ2v) is 11.7. The maximum Gasteiger partial charge on any atom is 0.250 e. The Balaban J connectivity index is 2.80. The molecule has 0 N–H and O–H groups in total. The first kappa shape index (κ1) is 14.8. The van der Waals surface area contributed by atoms with Crippen LogP contribution in [0.2, 0.25) is 18.1 Å². The molecule has 1 rings (SSSR count). The van der Waals surface area contributed by atoms with Gasteiger partial charge in [-0.15, -0.1) is 0 Å². The summed E-state index contributed by atoms with van der Waals surface area (Å²) in [6, 6.07) is 0. The topological polar surface area (TPSA) is 9.23 Å². The molecule has 0 fully saturated rings. The summed E-state index contributed by atoms with van der Waals surface area (Å²) in [6.07, 6.45) is 7.82. The molecule has 100 valence electrons. The summed E-state index contributed by atoms with van der Waals surface area (Å²) >= 11 is 0. The number of hydrogen-bond acceptors (Lipinski definition) is 1. The SMILES string of the molecule is C/C1=C(\O[Si](C)(C)C(C)(C)C)CCCCCC1. The third-order valence-electron chi connectivity index (χ3n) is 4.37. The first-order chi connectivity index (χ1) is 7.74. The fraction of sp³-hybridized carbons (Fsp3) is 0.867. The second kappa shape index (κ2) is 5.60. The second-order valence-electron chi connectivity index (χ2n) is 6.98. The first-order valence-corrected chi connectivity index (χ1v) is 10.0. The van der Waals surface area contributed by atoms with Gasteiger partial charge in [-0.05, 0) is 49.9 Å². The normalized spacial score (nSPS) is 24.1. The molecule has 1 nitrogen and oxygen atoms in total. The molecule has 0 aromatic carbocycles. The van der Waals surface area contributed by atoms with Crippen LogP contribution in [0.3, 0.4) is 0 Å². The first-order valence-electron chi connectivity index (χ1n) is 7.12. The average molecular weight is 254 g/mol. The van der Waals surface area contributed by atoms with Crippen molar-refractivity contribution in [3.05, 3.63) is 11.3 Å². The van der Waals surface area contributed by atoms with Crippen molar-refractivity contribution < 1.29 is 4.43 Å². The molecule has 2 heteroatoms. The van der Waals surface area contributed by atoms with Crippen LogP contribution in [0.15, 0.2) is 11.3 Å². The Kier molecular flexibility index (Phi) is 4.88. The Morgan fingerprint density at radius 3 is 2.00 bits per heavy atom. The quantitative estimate of drug-likeness (QED) is 0.580. The monoisotopic (exact) mass is 254 g/mol. The van der Waals surface area contributed by atoms with E-state index >= 15 is 0 Å². The fourth-order valence-corrected chi connectivity index (χ4v) is 3.18. The van der Waals surface area contributed by atoms with Crippen LogP contribution in [-0.2, 0) is 4.43 Å². The van der Waals surface area contributed by atoms with Crippen molar-refractivity contribution in [1.82, 2.24) is 0 Å². The highest BCUT2D eigenvalue weighted by molar-refractivity contribution is 6.74. The van der Waals surface area contributed by atoms with E-state index in [2.05, 4.69) is 40.8 Å². The number of rotatable bonds is 2. The van der Waals surface area contributed by atoms with Crippen LogP contribution < -0.4 is 0 Å². The van der Waals surface area contributed by atoms with Gasteiger partial charge >= 0.3 is 0 Å². The van der Waals surface area contributed by atoms with E-state index in [1.807, 2.05) is 0 Å². The van der Waals surface area contributed by atoms with Gasteiger partial charge in [-0.2, -0.15) is 0 Å². The van der Waals surface area contributed by atoms with E-state index in [9.17, 15) is 0 Å². The molecule has 0 saturated carbocycles. The predicted octanol–water partition coefficient (Wildman–Crippen LogP) is 5.64. The van der Waals surface area contributed by atoms with Crippen LogP contribution in [0.1, 0.15) is 66.2 Å². The van der Waals surface area contributed by atoms with Crippen molar-refractivity contribution in [2.45, 2.75) is 84.4 Å². The molecule has 0 bridgehead atoms. The summed E-state index contributed by atoms with van der Waals surface area (Å²) in [5, 5.41) is 0.308. The molecule has 0 aromatic heterocycles. The lowest BCUT2D eigenvalue weighted by Gasteiger charge is -2.38. The van der Waals surface area contributed by atoms with Gasteiger partial charge in [-0.1, -0.05) is 33.6 Å². The summed E-state index contributed by atoms with van der Waals surface area (Å²) in [5.74, 6) is 1.33. The average Bonchev–Trinajstić information content (AvgIpc) is 2.16. The summed E-state index contributed by atoms with van der Waals surface area (Å²) in [6.45, 7) is 13.9. The van der Waals surface area contributed by atoms with Crippen LogP contribution in [-0.4, -0.2) is 8.32 Å². The van der Waals surface area contributed by atoms with Gasteiger partial charge in [0.25, 0.3) is 0 Å². The van der Waals surface area contributed by atoms with E-state index in [1.54, 1.807) is 0 Å². The Labute approximate surface area is 109 Å². The molecule has 17 heavy (non-hydrogen) atoms. The van der Waals surface area contributed by atoms with E-state index in [-0.39, 0.29) is 0 Å². The van der Waals surface area contributed by atoms with Crippen LogP contribution in [0.4, 0.5) is 0 Å². The van der Waals surface area contributed by atoms with E-state index in [4.69, 9.17) is 4.43 Å². The minimum absolute atomic E-state index is 0.308. The molecule has 0 heterocycles. The molecule has 0 amide bonds. The molecule has 0 saturated heterocycles. The molecule has 0 aliphatic heterocycles. The van der Waals surface area contributed by atoms with Crippen LogP contribution in [0, 0.1) is 0 Å². The van der Waals surface area contributed by atoms with Gasteiger partial charge in [-0.3, -0.25) is 0 Å². The Morgan fingerprint density at radius 2 is 1.47 bits per heavy atom. The molecule has 1 aliphatic carbocycles. The molecule has 0 spiro atoms. The highest BCUT2D eigenvalue weighted by Gasteiger charge is 2.39. The third kappa shape index (κ3) is 4.17. The van der Waals surface area contributed by atoms with Gasteiger partial charge < -0.3 is 4.43 Å². The van der Waals surface area contributed by atoms with Gasteiger partial charge in [0.05, 0.1) is 5.76 Å². The van der Waals surface area contributed by atoms with E-state index < -0.39 is 8.32 Å². The predicted molar refractivity (Wildman–Crippen MR) is 78.7 cm³/mol. The maximum absolute atomic E-state index is 6.51. The van der Waals surface area contributed by atoms with Gasteiger partial charge in [0.2, 0.25) is 8.32 Å². The lowest BCUT2D eigenvalue weighted by molar-refractivity contribution is 0.348. The highest BCUT2D eigenvalue weighted by Crippen LogP contribution is 2.39. The zero-order chi connectivity index (χ0) is 13.1. The van der Waals surface area contributed by atoms with E-state index in [1.165, 1.54) is 49.9 Å². The van der Waals surface area contributed by atoms with Crippen molar-refractivity contribution in [2.75, 3.05) is 0 Å². The van der Waals surface area contributed by atoms with Gasteiger partial charge in [0, 0.05) is 6.42 Å². The van der Waals surface area contributed by atoms with Crippen molar-refractivity contribution in [2.24, 2.45) is 0 Å². The Hall–Kier alpha value is -0.243.